The van der Waals surface area contributed by atoms with E-state index in [4.69, 9.17) is 17.0 Å². The van der Waals surface area contributed by atoms with Crippen LogP contribution in [0.1, 0.15) is 38.2 Å². The van der Waals surface area contributed by atoms with Gasteiger partial charge < -0.3 is 15.4 Å². The highest BCUT2D eigenvalue weighted by Crippen LogP contribution is 2.16. The lowest BCUT2D eigenvalue weighted by molar-refractivity contribution is -0.116. The Bertz CT molecular complexity index is 895. The van der Waals surface area contributed by atoms with Crippen molar-refractivity contribution in [2.75, 3.05) is 17.7 Å². The molecule has 0 fully saturated rings. The van der Waals surface area contributed by atoms with Gasteiger partial charge in [-0.15, -0.1) is 0 Å². The van der Waals surface area contributed by atoms with Gasteiger partial charge >= 0.3 is 0 Å². The summed E-state index contributed by atoms with van der Waals surface area (Å²) in [5.41, 5.74) is 2.22. The van der Waals surface area contributed by atoms with Gasteiger partial charge in [-0.1, -0.05) is 38.0 Å². The second kappa shape index (κ2) is 12.4. The first-order valence-corrected chi connectivity index (χ1v) is 10.2. The van der Waals surface area contributed by atoms with Crippen LogP contribution in [0.2, 0.25) is 0 Å². The molecule has 2 amide bonds. The molecule has 0 bridgehead atoms. The molecule has 3 N–H and O–H groups in total. The molecule has 7 heteroatoms. The van der Waals surface area contributed by atoms with Crippen LogP contribution < -0.4 is 20.7 Å². The number of rotatable bonds is 9. The van der Waals surface area contributed by atoms with Crippen LogP contribution in [-0.2, 0) is 9.59 Å². The van der Waals surface area contributed by atoms with E-state index >= 15 is 0 Å². The molecule has 0 aliphatic carbocycles. The van der Waals surface area contributed by atoms with Crippen LogP contribution in [0.25, 0.3) is 6.08 Å². The molecule has 0 saturated heterocycles. The highest BCUT2D eigenvalue weighted by molar-refractivity contribution is 7.80. The number of nitrogens with one attached hydrogen (secondary N) is 3. The van der Waals surface area contributed by atoms with Crippen molar-refractivity contribution < 1.29 is 14.3 Å². The minimum absolute atomic E-state index is 0.0138. The summed E-state index contributed by atoms with van der Waals surface area (Å²) in [6, 6.07) is 14.5. The summed E-state index contributed by atoms with van der Waals surface area (Å²) < 4.78 is 5.10. The van der Waals surface area contributed by atoms with E-state index in [1.54, 1.807) is 31.4 Å². The zero-order chi connectivity index (χ0) is 21.8. The molecular weight excluding hydrogens is 398 g/mol. The summed E-state index contributed by atoms with van der Waals surface area (Å²) in [4.78, 5) is 24.0. The lowest BCUT2D eigenvalue weighted by Crippen LogP contribution is -2.32. The number of methoxy groups -OCH3 is 1. The topological polar surface area (TPSA) is 79.5 Å². The largest absolute Gasteiger partial charge is 0.497 e. The third-order valence-corrected chi connectivity index (χ3v) is 4.40. The number of amides is 2. The van der Waals surface area contributed by atoms with Crippen molar-refractivity contribution in [3.63, 3.8) is 0 Å². The van der Waals surface area contributed by atoms with Crippen molar-refractivity contribution in [1.29, 1.82) is 0 Å². The van der Waals surface area contributed by atoms with E-state index in [-0.39, 0.29) is 16.9 Å². The maximum absolute atomic E-state index is 12.1. The Morgan fingerprint density at radius 1 is 1.03 bits per heavy atom. The third kappa shape index (κ3) is 8.45. The van der Waals surface area contributed by atoms with Crippen LogP contribution in [-0.4, -0.2) is 24.0 Å². The van der Waals surface area contributed by atoms with Crippen LogP contribution in [0.5, 0.6) is 5.75 Å². The molecule has 30 heavy (non-hydrogen) atoms. The zero-order valence-corrected chi connectivity index (χ0v) is 18.1. The van der Waals surface area contributed by atoms with Gasteiger partial charge in [-0.2, -0.15) is 0 Å². The van der Waals surface area contributed by atoms with Crippen molar-refractivity contribution >= 4 is 46.6 Å². The summed E-state index contributed by atoms with van der Waals surface area (Å²) in [5.74, 6) is 0.394. The predicted molar refractivity (Wildman–Crippen MR) is 126 cm³/mol. The van der Waals surface area contributed by atoms with E-state index in [9.17, 15) is 9.59 Å². The van der Waals surface area contributed by atoms with Crippen molar-refractivity contribution in [3.8, 4) is 5.75 Å². The lowest BCUT2D eigenvalue weighted by atomic mass is 10.2. The fourth-order valence-electron chi connectivity index (χ4n) is 2.64. The van der Waals surface area contributed by atoms with E-state index < -0.39 is 0 Å². The first-order valence-electron chi connectivity index (χ1n) is 9.84. The first kappa shape index (κ1) is 23.1. The van der Waals surface area contributed by atoms with Crippen LogP contribution in [0, 0.1) is 0 Å². The Morgan fingerprint density at radius 3 is 2.40 bits per heavy atom. The summed E-state index contributed by atoms with van der Waals surface area (Å²) in [6.07, 6.45) is 6.58. The molecule has 0 aliphatic heterocycles. The second-order valence-corrected chi connectivity index (χ2v) is 7.04. The maximum Gasteiger partial charge on any atom is 0.250 e. The number of anilines is 2. The van der Waals surface area contributed by atoms with E-state index in [0.29, 0.717) is 17.8 Å². The van der Waals surface area contributed by atoms with Crippen molar-refractivity contribution in [2.45, 2.75) is 32.6 Å². The van der Waals surface area contributed by atoms with Crippen molar-refractivity contribution in [1.82, 2.24) is 5.32 Å². The van der Waals surface area contributed by atoms with Gasteiger partial charge in [0.05, 0.1) is 7.11 Å². The number of unbranched alkanes of at least 4 members (excludes halogenated alkanes) is 2. The summed E-state index contributed by atoms with van der Waals surface area (Å²) in [5, 5.41) is 8.59. The molecule has 0 heterocycles. The third-order valence-electron chi connectivity index (χ3n) is 4.19. The fourth-order valence-corrected chi connectivity index (χ4v) is 2.86. The van der Waals surface area contributed by atoms with Crippen LogP contribution in [0.15, 0.2) is 54.6 Å². The van der Waals surface area contributed by atoms with Gasteiger partial charge in [-0.3, -0.25) is 14.9 Å². The molecule has 0 spiro atoms. The highest BCUT2D eigenvalue weighted by Gasteiger charge is 2.05. The second-order valence-electron chi connectivity index (χ2n) is 6.64. The molecule has 6 nitrogen and oxygen atoms in total. The lowest BCUT2D eigenvalue weighted by Gasteiger charge is -2.10. The highest BCUT2D eigenvalue weighted by atomic mass is 32.1. The van der Waals surface area contributed by atoms with E-state index in [1.165, 1.54) is 6.08 Å². The molecule has 2 aromatic rings. The molecule has 0 aromatic heterocycles. The Hall–Kier alpha value is -3.19. The SMILES string of the molecule is CCCCCC(=O)Nc1cccc(NC(=S)NC(=O)/C=C/c2ccc(OC)cc2)c1. The van der Waals surface area contributed by atoms with Gasteiger partial charge in [-0.05, 0) is 60.6 Å². The van der Waals surface area contributed by atoms with E-state index in [2.05, 4.69) is 22.9 Å². The molecule has 158 valence electrons. The molecule has 2 rings (SSSR count). The molecular formula is C23H27N3O3S. The monoisotopic (exact) mass is 425 g/mol. The van der Waals surface area contributed by atoms with Crippen LogP contribution in [0.3, 0.4) is 0 Å². The average Bonchev–Trinajstić information content (AvgIpc) is 2.73. The molecule has 0 radical (unpaired) electrons. The Kier molecular flexibility index (Phi) is 9.54. The van der Waals surface area contributed by atoms with Gasteiger partial charge in [0.2, 0.25) is 11.8 Å². The molecule has 0 aliphatic rings. The van der Waals surface area contributed by atoms with Gasteiger partial charge in [-0.25, -0.2) is 0 Å². The predicted octanol–water partition coefficient (Wildman–Crippen LogP) is 4.74. The number of carbonyl (C=O) groups excluding carboxylic acids is 2. The van der Waals surface area contributed by atoms with Gasteiger partial charge in [0.15, 0.2) is 5.11 Å². The van der Waals surface area contributed by atoms with E-state index in [1.807, 2.05) is 30.3 Å². The molecule has 0 unspecified atom stereocenters. The van der Waals surface area contributed by atoms with Crippen LogP contribution >= 0.6 is 12.2 Å². The van der Waals surface area contributed by atoms with Crippen LogP contribution in [0.4, 0.5) is 11.4 Å². The van der Waals surface area contributed by atoms with Crippen molar-refractivity contribution in [2.24, 2.45) is 0 Å². The number of thiocarbonyl (C=S) groups is 1. The fraction of sp³-hybridized carbons (Fsp3) is 0.261. The minimum atomic E-state index is -0.344. The maximum atomic E-state index is 12.1. The number of hydrogen-bond donors (Lipinski definition) is 3. The smallest absolute Gasteiger partial charge is 0.250 e. The summed E-state index contributed by atoms with van der Waals surface area (Å²) in [7, 11) is 1.60. The number of ether oxygens (including phenoxy) is 1. The average molecular weight is 426 g/mol. The van der Waals surface area contributed by atoms with Gasteiger partial charge in [0, 0.05) is 23.9 Å². The number of carbonyl (C=O) groups is 2. The number of benzene rings is 2. The number of hydrogen-bond acceptors (Lipinski definition) is 4. The standard InChI is InChI=1S/C23H27N3O3S/c1-3-4-5-9-21(27)24-18-7-6-8-19(16-18)25-23(30)26-22(28)15-12-17-10-13-20(29-2)14-11-17/h6-8,10-16H,3-5,9H2,1-2H3,(H,24,27)(H2,25,26,28,30)/b15-12+. The molecule has 2 aromatic carbocycles. The Morgan fingerprint density at radius 2 is 1.73 bits per heavy atom. The summed E-state index contributed by atoms with van der Waals surface area (Å²) in [6.45, 7) is 2.10. The van der Waals surface area contributed by atoms with Crippen molar-refractivity contribution in [3.05, 3.63) is 60.2 Å². The Labute approximate surface area is 182 Å². The normalized spacial score (nSPS) is 10.5. The van der Waals surface area contributed by atoms with E-state index in [0.717, 1.165) is 30.6 Å². The Balaban J connectivity index is 1.84. The molecule has 0 atom stereocenters. The first-order chi connectivity index (χ1) is 14.5. The van der Waals surface area contributed by atoms with Gasteiger partial charge in [0.25, 0.3) is 0 Å². The minimum Gasteiger partial charge on any atom is -0.497 e. The zero-order valence-electron chi connectivity index (χ0n) is 17.2. The molecule has 0 saturated carbocycles. The summed E-state index contributed by atoms with van der Waals surface area (Å²) >= 11 is 5.20. The quantitative estimate of drug-likeness (QED) is 0.307. The van der Waals surface area contributed by atoms with Gasteiger partial charge in [0.1, 0.15) is 5.75 Å².